The number of rotatable bonds is 6. The Morgan fingerprint density at radius 2 is 1.57 bits per heavy atom. The lowest BCUT2D eigenvalue weighted by Crippen LogP contribution is -2.38. The molecular weight excluding hydrogens is 522 g/mol. The maximum absolute atomic E-state index is 11.5. The summed E-state index contributed by atoms with van der Waals surface area (Å²) in [5.74, 6) is 0. The highest BCUT2D eigenvalue weighted by atomic mass is 16.6. The Balaban J connectivity index is 1.66. The maximum atomic E-state index is 11.5. The van der Waals surface area contributed by atoms with Gasteiger partial charge in [-0.3, -0.25) is 20.1 Å². The lowest BCUT2D eigenvalue weighted by atomic mass is 9.75. The van der Waals surface area contributed by atoms with Crippen molar-refractivity contribution in [3.05, 3.63) is 167 Å². The van der Waals surface area contributed by atoms with Crippen molar-refractivity contribution in [3.63, 3.8) is 0 Å². The molecule has 7 heteroatoms. The van der Waals surface area contributed by atoms with Crippen LogP contribution in [0.4, 0.5) is 5.69 Å². The SMILES string of the molecule is O=[N+]([O-])c1ccnc(-c2ccc3c4cnccc4n(C(C4=CC=CCC=C4)(c4ccccc4)c4ccccc4)c3n2)c1. The molecule has 0 spiro atoms. The highest BCUT2D eigenvalue weighted by Crippen LogP contribution is 2.47. The number of hydrogen-bond acceptors (Lipinski definition) is 5. The molecule has 0 fully saturated rings. The number of nitrogens with zero attached hydrogens (tertiary/aromatic N) is 5. The smallest absolute Gasteiger partial charge is 0.273 e. The van der Waals surface area contributed by atoms with Crippen molar-refractivity contribution >= 4 is 27.6 Å². The first-order chi connectivity index (χ1) is 20.7. The molecule has 4 aromatic heterocycles. The summed E-state index contributed by atoms with van der Waals surface area (Å²) in [6.45, 7) is 0. The molecule has 4 heterocycles. The molecule has 1 aliphatic rings. The fourth-order valence-corrected chi connectivity index (χ4v) is 5.95. The molecule has 0 aliphatic heterocycles. The third-order valence-electron chi connectivity index (χ3n) is 7.75. The molecule has 0 amide bonds. The number of benzene rings is 2. The molecule has 0 unspecified atom stereocenters. The van der Waals surface area contributed by atoms with Crippen LogP contribution in [-0.2, 0) is 5.54 Å². The Kier molecular flexibility index (Phi) is 6.24. The second-order valence-corrected chi connectivity index (χ2v) is 10.1. The Morgan fingerprint density at radius 1 is 0.810 bits per heavy atom. The van der Waals surface area contributed by atoms with E-state index in [9.17, 15) is 10.1 Å². The summed E-state index contributed by atoms with van der Waals surface area (Å²) in [6, 6.07) is 29.7. The molecule has 0 bridgehead atoms. The van der Waals surface area contributed by atoms with E-state index < -0.39 is 10.5 Å². The first-order valence-electron chi connectivity index (χ1n) is 13.7. The highest BCUT2D eigenvalue weighted by Gasteiger charge is 2.41. The predicted molar refractivity (Wildman–Crippen MR) is 165 cm³/mol. The molecule has 0 radical (unpaired) electrons. The molecule has 0 N–H and O–H groups in total. The summed E-state index contributed by atoms with van der Waals surface area (Å²) in [6.07, 6.45) is 16.8. The summed E-state index contributed by atoms with van der Waals surface area (Å²) in [7, 11) is 0. The molecule has 0 saturated heterocycles. The van der Waals surface area contributed by atoms with E-state index in [1.165, 1.54) is 18.3 Å². The second-order valence-electron chi connectivity index (χ2n) is 10.1. The monoisotopic (exact) mass is 547 g/mol. The highest BCUT2D eigenvalue weighted by molar-refractivity contribution is 6.07. The van der Waals surface area contributed by atoms with Crippen LogP contribution >= 0.6 is 0 Å². The summed E-state index contributed by atoms with van der Waals surface area (Å²) in [4.78, 5) is 25.2. The molecule has 202 valence electrons. The van der Waals surface area contributed by atoms with Crippen LogP contribution in [0.2, 0.25) is 0 Å². The van der Waals surface area contributed by atoms with Crippen molar-refractivity contribution in [2.45, 2.75) is 12.0 Å². The predicted octanol–water partition coefficient (Wildman–Crippen LogP) is 7.79. The number of fused-ring (bicyclic) bond motifs is 3. The Morgan fingerprint density at radius 3 is 2.31 bits per heavy atom. The van der Waals surface area contributed by atoms with Crippen LogP contribution in [-0.4, -0.2) is 24.4 Å². The van der Waals surface area contributed by atoms with Gasteiger partial charge in [0.25, 0.3) is 5.69 Å². The molecule has 7 rings (SSSR count). The topological polar surface area (TPSA) is 86.7 Å². The van der Waals surface area contributed by atoms with E-state index in [0.717, 1.165) is 45.1 Å². The Labute approximate surface area is 242 Å². The van der Waals surface area contributed by atoms with Crippen molar-refractivity contribution in [2.75, 3.05) is 0 Å². The molecule has 0 atom stereocenters. The van der Waals surface area contributed by atoms with Gasteiger partial charge in [0.2, 0.25) is 0 Å². The maximum Gasteiger partial charge on any atom is 0.273 e. The summed E-state index contributed by atoms with van der Waals surface area (Å²) >= 11 is 0. The molecule has 42 heavy (non-hydrogen) atoms. The summed E-state index contributed by atoms with van der Waals surface area (Å²) in [5, 5.41) is 13.4. The van der Waals surface area contributed by atoms with E-state index in [1.807, 2.05) is 36.5 Å². The third-order valence-corrected chi connectivity index (χ3v) is 7.75. The standard InChI is InChI=1S/C35H25N5O2/c41-40(42)28-19-22-37-32(23-28)31-18-17-29-30-24-36-21-20-33(30)39(34(29)38-31)35(26-13-7-3-8-14-26,27-15-9-4-10-16-27)25-11-5-1-2-6-12-25/h1,3-24H,2H2. The van der Waals surface area contributed by atoms with Gasteiger partial charge < -0.3 is 4.57 Å². The van der Waals surface area contributed by atoms with Crippen LogP contribution in [0.3, 0.4) is 0 Å². The van der Waals surface area contributed by atoms with Gasteiger partial charge in [-0.05, 0) is 41.3 Å². The van der Waals surface area contributed by atoms with E-state index in [2.05, 4.69) is 93.4 Å². The van der Waals surface area contributed by atoms with Gasteiger partial charge >= 0.3 is 0 Å². The van der Waals surface area contributed by atoms with Gasteiger partial charge in [-0.2, -0.15) is 0 Å². The Bertz CT molecular complexity index is 2000. The first-order valence-corrected chi connectivity index (χ1v) is 13.7. The second kappa shape index (κ2) is 10.4. The quantitative estimate of drug-likeness (QED) is 0.157. The minimum absolute atomic E-state index is 0.0323. The van der Waals surface area contributed by atoms with Crippen molar-refractivity contribution in [3.8, 4) is 11.4 Å². The van der Waals surface area contributed by atoms with Gasteiger partial charge in [-0.1, -0.05) is 91.0 Å². The number of nitro groups is 1. The lowest BCUT2D eigenvalue weighted by Gasteiger charge is -2.39. The average molecular weight is 548 g/mol. The third kappa shape index (κ3) is 4.02. The molecule has 2 aromatic carbocycles. The molecular formula is C35H25N5O2. The van der Waals surface area contributed by atoms with Crippen LogP contribution in [0.1, 0.15) is 17.5 Å². The molecule has 7 nitrogen and oxygen atoms in total. The van der Waals surface area contributed by atoms with E-state index >= 15 is 0 Å². The van der Waals surface area contributed by atoms with E-state index in [4.69, 9.17) is 4.98 Å². The molecule has 0 saturated carbocycles. The van der Waals surface area contributed by atoms with Crippen LogP contribution in [0.25, 0.3) is 33.3 Å². The van der Waals surface area contributed by atoms with Crippen molar-refractivity contribution in [2.24, 2.45) is 0 Å². The molecule has 6 aromatic rings. The van der Waals surface area contributed by atoms with E-state index in [1.54, 1.807) is 6.20 Å². The number of allylic oxidation sites excluding steroid dienone is 6. The zero-order valence-corrected chi connectivity index (χ0v) is 22.5. The largest absolute Gasteiger partial charge is 0.307 e. The van der Waals surface area contributed by atoms with Crippen molar-refractivity contribution in [1.82, 2.24) is 19.5 Å². The van der Waals surface area contributed by atoms with Crippen LogP contribution in [0.5, 0.6) is 0 Å². The van der Waals surface area contributed by atoms with Gasteiger partial charge in [0.1, 0.15) is 11.2 Å². The minimum atomic E-state index is -0.823. The van der Waals surface area contributed by atoms with Gasteiger partial charge in [-0.25, -0.2) is 4.98 Å². The zero-order valence-electron chi connectivity index (χ0n) is 22.5. The number of pyridine rings is 3. The summed E-state index contributed by atoms with van der Waals surface area (Å²) < 4.78 is 2.29. The summed E-state index contributed by atoms with van der Waals surface area (Å²) in [5.41, 5.74) is 5.02. The van der Waals surface area contributed by atoms with Gasteiger partial charge in [0.05, 0.1) is 21.8 Å². The fraction of sp³-hybridized carbons (Fsp3) is 0.0571. The first kappa shape index (κ1) is 25.3. The minimum Gasteiger partial charge on any atom is -0.307 e. The van der Waals surface area contributed by atoms with Crippen LogP contribution in [0, 0.1) is 10.1 Å². The van der Waals surface area contributed by atoms with Crippen molar-refractivity contribution in [1.29, 1.82) is 0 Å². The number of aromatic nitrogens is 4. The number of hydrogen-bond donors (Lipinski definition) is 0. The lowest BCUT2D eigenvalue weighted by molar-refractivity contribution is -0.384. The zero-order chi connectivity index (χ0) is 28.5. The fourth-order valence-electron chi connectivity index (χ4n) is 5.95. The molecule has 1 aliphatic carbocycles. The van der Waals surface area contributed by atoms with Gasteiger partial charge in [0, 0.05) is 41.5 Å². The van der Waals surface area contributed by atoms with E-state index in [0.29, 0.717) is 11.4 Å². The van der Waals surface area contributed by atoms with Crippen LogP contribution in [0.15, 0.2) is 146 Å². The van der Waals surface area contributed by atoms with Crippen molar-refractivity contribution < 1.29 is 4.92 Å². The van der Waals surface area contributed by atoms with E-state index in [-0.39, 0.29) is 5.69 Å². The van der Waals surface area contributed by atoms with Crippen LogP contribution < -0.4 is 0 Å². The average Bonchev–Trinajstić information content (AvgIpc) is 3.17. The van der Waals surface area contributed by atoms with Gasteiger partial charge in [0.15, 0.2) is 0 Å². The normalized spacial score (nSPS) is 13.3. The van der Waals surface area contributed by atoms with Gasteiger partial charge in [-0.15, -0.1) is 0 Å². The Hall–Kier alpha value is -5.69.